The van der Waals surface area contributed by atoms with Crippen LogP contribution in [0.15, 0.2) is 36.9 Å². The molecule has 1 aliphatic carbocycles. The highest BCUT2D eigenvalue weighted by Gasteiger charge is 2.30. The van der Waals surface area contributed by atoms with Gasteiger partial charge in [-0.25, -0.2) is 13.1 Å². The Bertz CT molecular complexity index is 775. The molecule has 1 saturated heterocycles. The van der Waals surface area contributed by atoms with Crippen LogP contribution in [0.2, 0.25) is 0 Å². The minimum absolute atomic E-state index is 0.0326. The van der Waals surface area contributed by atoms with Crippen LogP contribution in [0.3, 0.4) is 0 Å². The molecule has 1 saturated carbocycles. The second-order valence-corrected chi connectivity index (χ2v) is 10.2. The largest absolute Gasteiger partial charge is 0.493 e. The van der Waals surface area contributed by atoms with E-state index in [2.05, 4.69) is 34.8 Å². The molecule has 0 spiro atoms. The van der Waals surface area contributed by atoms with E-state index in [0.717, 1.165) is 57.2 Å². The SMILES string of the molecule is C=CCCOc1ccccc1C1CCC(OC[C@@H]2NCCC[C@@H]2NS(C)(=O)=O)CC1. The first-order chi connectivity index (χ1) is 14.5. The van der Waals surface area contributed by atoms with Gasteiger partial charge in [0.2, 0.25) is 10.0 Å². The first kappa shape index (κ1) is 23.3. The molecule has 168 valence electrons. The fourth-order valence-corrected chi connectivity index (χ4v) is 5.36. The summed E-state index contributed by atoms with van der Waals surface area (Å²) in [5.41, 5.74) is 1.30. The third kappa shape index (κ3) is 7.08. The molecule has 2 atom stereocenters. The highest BCUT2D eigenvalue weighted by Crippen LogP contribution is 2.38. The smallest absolute Gasteiger partial charge is 0.209 e. The van der Waals surface area contributed by atoms with Crippen LogP contribution in [0.4, 0.5) is 0 Å². The van der Waals surface area contributed by atoms with E-state index in [1.54, 1.807) is 0 Å². The Balaban J connectivity index is 1.48. The van der Waals surface area contributed by atoms with Crippen molar-refractivity contribution in [2.45, 2.75) is 69.1 Å². The van der Waals surface area contributed by atoms with E-state index in [0.29, 0.717) is 19.1 Å². The van der Waals surface area contributed by atoms with E-state index in [9.17, 15) is 8.42 Å². The molecule has 30 heavy (non-hydrogen) atoms. The lowest BCUT2D eigenvalue weighted by Crippen LogP contribution is -2.55. The van der Waals surface area contributed by atoms with Crippen molar-refractivity contribution < 1.29 is 17.9 Å². The number of benzene rings is 1. The van der Waals surface area contributed by atoms with Crippen LogP contribution in [0.1, 0.15) is 56.4 Å². The number of rotatable bonds is 10. The summed E-state index contributed by atoms with van der Waals surface area (Å²) in [5, 5.41) is 3.42. The molecule has 0 radical (unpaired) electrons. The van der Waals surface area contributed by atoms with Gasteiger partial charge in [0.05, 0.1) is 25.6 Å². The van der Waals surface area contributed by atoms with Crippen molar-refractivity contribution in [3.63, 3.8) is 0 Å². The summed E-state index contributed by atoms with van der Waals surface area (Å²) in [6.07, 6.45) is 10.2. The monoisotopic (exact) mass is 436 g/mol. The van der Waals surface area contributed by atoms with Gasteiger partial charge in [0, 0.05) is 12.1 Å². The maximum Gasteiger partial charge on any atom is 0.209 e. The van der Waals surface area contributed by atoms with Crippen LogP contribution in [0.25, 0.3) is 0 Å². The standard InChI is InChI=1S/C23H36N2O4S/c1-3-4-16-28-23-10-6-5-8-20(23)18-11-13-19(14-12-18)29-17-22-21(9-7-15-24-22)25-30(2,26)27/h3,5-6,8,10,18-19,21-22,24-25H,1,4,7,9,11-17H2,2H3/t18?,19?,21-,22-/m0/s1. The van der Waals surface area contributed by atoms with Crippen LogP contribution < -0.4 is 14.8 Å². The van der Waals surface area contributed by atoms with Crippen LogP contribution in [0, 0.1) is 0 Å². The predicted molar refractivity (Wildman–Crippen MR) is 120 cm³/mol. The second kappa shape index (κ2) is 11.3. The van der Waals surface area contributed by atoms with Crippen LogP contribution in [-0.4, -0.2) is 52.6 Å². The summed E-state index contributed by atoms with van der Waals surface area (Å²) in [6.45, 7) is 5.87. The summed E-state index contributed by atoms with van der Waals surface area (Å²) in [4.78, 5) is 0. The number of sulfonamides is 1. The zero-order valence-electron chi connectivity index (χ0n) is 18.0. The van der Waals surface area contributed by atoms with Gasteiger partial charge in [0.25, 0.3) is 0 Å². The van der Waals surface area contributed by atoms with Crippen LogP contribution >= 0.6 is 0 Å². The van der Waals surface area contributed by atoms with Crippen molar-refractivity contribution in [1.82, 2.24) is 10.0 Å². The molecule has 1 aliphatic heterocycles. The lowest BCUT2D eigenvalue weighted by atomic mass is 9.82. The molecule has 6 nitrogen and oxygen atoms in total. The summed E-state index contributed by atoms with van der Waals surface area (Å²) >= 11 is 0. The molecule has 1 aromatic rings. The Labute approximate surface area is 181 Å². The zero-order valence-corrected chi connectivity index (χ0v) is 18.8. The molecule has 0 amide bonds. The Kier molecular flexibility index (Phi) is 8.74. The number of ether oxygens (including phenoxy) is 2. The second-order valence-electron chi connectivity index (χ2n) is 8.47. The normalized spacial score (nSPS) is 27.5. The summed E-state index contributed by atoms with van der Waals surface area (Å²) in [6, 6.07) is 8.30. The van der Waals surface area contributed by atoms with Gasteiger partial charge in [-0.05, 0) is 69.0 Å². The van der Waals surface area contributed by atoms with Crippen molar-refractivity contribution >= 4 is 10.0 Å². The highest BCUT2D eigenvalue weighted by molar-refractivity contribution is 7.88. The van der Waals surface area contributed by atoms with E-state index in [1.807, 2.05) is 12.1 Å². The van der Waals surface area contributed by atoms with Crippen molar-refractivity contribution in [3.8, 4) is 5.75 Å². The molecule has 7 heteroatoms. The quantitative estimate of drug-likeness (QED) is 0.434. The molecule has 3 rings (SSSR count). The fourth-order valence-electron chi connectivity index (χ4n) is 4.53. The van der Waals surface area contributed by atoms with E-state index in [1.165, 1.54) is 11.8 Å². The first-order valence-corrected chi connectivity index (χ1v) is 13.0. The minimum Gasteiger partial charge on any atom is -0.493 e. The van der Waals surface area contributed by atoms with Gasteiger partial charge in [-0.3, -0.25) is 0 Å². The fraction of sp³-hybridized carbons (Fsp3) is 0.652. The topological polar surface area (TPSA) is 76.7 Å². The van der Waals surface area contributed by atoms with Crippen molar-refractivity contribution in [2.75, 3.05) is 26.0 Å². The lowest BCUT2D eigenvalue weighted by Gasteiger charge is -2.35. The number of nitrogens with one attached hydrogen (secondary N) is 2. The molecule has 1 aromatic carbocycles. The van der Waals surface area contributed by atoms with Crippen molar-refractivity contribution in [2.24, 2.45) is 0 Å². The van der Waals surface area contributed by atoms with Gasteiger partial charge in [-0.15, -0.1) is 6.58 Å². The minimum atomic E-state index is -3.21. The average Bonchev–Trinajstić information content (AvgIpc) is 2.73. The predicted octanol–water partition coefficient (Wildman–Crippen LogP) is 3.35. The molecule has 0 aromatic heterocycles. The van der Waals surface area contributed by atoms with Gasteiger partial charge in [0.15, 0.2) is 0 Å². The Morgan fingerprint density at radius 2 is 1.97 bits per heavy atom. The summed E-state index contributed by atoms with van der Waals surface area (Å²) in [7, 11) is -3.21. The number of hydrogen-bond acceptors (Lipinski definition) is 5. The summed E-state index contributed by atoms with van der Waals surface area (Å²) in [5.74, 6) is 1.49. The van der Waals surface area contributed by atoms with E-state index >= 15 is 0 Å². The molecule has 2 fully saturated rings. The van der Waals surface area contributed by atoms with Gasteiger partial charge >= 0.3 is 0 Å². The highest BCUT2D eigenvalue weighted by atomic mass is 32.2. The number of hydrogen-bond donors (Lipinski definition) is 2. The summed E-state index contributed by atoms with van der Waals surface area (Å²) < 4.78 is 38.2. The van der Waals surface area contributed by atoms with Crippen LogP contribution in [-0.2, 0) is 14.8 Å². The Morgan fingerprint density at radius 1 is 1.20 bits per heavy atom. The van der Waals surface area contributed by atoms with E-state index in [-0.39, 0.29) is 18.2 Å². The number of piperidine rings is 1. The third-order valence-electron chi connectivity index (χ3n) is 6.07. The molecule has 0 bridgehead atoms. The molecule has 2 N–H and O–H groups in total. The molecular formula is C23H36N2O4S. The number of para-hydroxylation sites is 1. The molecule has 1 heterocycles. The molecule has 0 unspecified atom stereocenters. The first-order valence-electron chi connectivity index (χ1n) is 11.1. The van der Waals surface area contributed by atoms with E-state index < -0.39 is 10.0 Å². The van der Waals surface area contributed by atoms with Crippen LogP contribution in [0.5, 0.6) is 5.75 Å². The van der Waals surface area contributed by atoms with Gasteiger partial charge in [-0.2, -0.15) is 0 Å². The molecular weight excluding hydrogens is 400 g/mol. The molecule has 2 aliphatic rings. The Hall–Kier alpha value is -1.41. The van der Waals surface area contributed by atoms with Gasteiger partial charge in [0.1, 0.15) is 5.75 Å². The van der Waals surface area contributed by atoms with Crippen molar-refractivity contribution in [3.05, 3.63) is 42.5 Å². The lowest BCUT2D eigenvalue weighted by molar-refractivity contribution is 0.00510. The zero-order chi connectivity index (χ0) is 21.4. The van der Waals surface area contributed by atoms with Gasteiger partial charge in [-0.1, -0.05) is 24.3 Å². The maximum atomic E-state index is 11.6. The Morgan fingerprint density at radius 3 is 2.70 bits per heavy atom. The van der Waals surface area contributed by atoms with Crippen molar-refractivity contribution in [1.29, 1.82) is 0 Å². The maximum absolute atomic E-state index is 11.6. The van der Waals surface area contributed by atoms with E-state index in [4.69, 9.17) is 9.47 Å². The van der Waals surface area contributed by atoms with Gasteiger partial charge < -0.3 is 14.8 Å². The third-order valence-corrected chi connectivity index (χ3v) is 6.80. The average molecular weight is 437 g/mol.